The molecule has 0 aliphatic heterocycles. The number of H-pyrrole nitrogens is 1. The van der Waals surface area contributed by atoms with E-state index in [0.717, 1.165) is 53.4 Å². The molecule has 0 saturated heterocycles. The first-order valence-corrected chi connectivity index (χ1v) is 11.9. The van der Waals surface area contributed by atoms with Crippen molar-refractivity contribution in [1.29, 1.82) is 0 Å². The quantitative estimate of drug-likeness (QED) is 0.361. The van der Waals surface area contributed by atoms with Crippen LogP contribution < -0.4 is 5.32 Å². The number of carbonyl (C=O) groups is 2. The lowest BCUT2D eigenvalue weighted by atomic mass is 10.0. The lowest BCUT2D eigenvalue weighted by molar-refractivity contribution is -0.117. The zero-order valence-electron chi connectivity index (χ0n) is 19.6. The Bertz CT molecular complexity index is 1380. The fourth-order valence-corrected chi connectivity index (χ4v) is 4.17. The number of aryl methyl sites for hydroxylation is 1. The van der Waals surface area contributed by atoms with Crippen molar-refractivity contribution in [3.63, 3.8) is 0 Å². The van der Waals surface area contributed by atoms with Gasteiger partial charge in [-0.25, -0.2) is 4.39 Å². The van der Waals surface area contributed by atoms with Gasteiger partial charge in [-0.1, -0.05) is 24.3 Å². The first-order valence-electron chi connectivity index (χ1n) is 11.9. The van der Waals surface area contributed by atoms with Gasteiger partial charge in [0.2, 0.25) is 5.91 Å². The molecule has 35 heavy (non-hydrogen) atoms. The summed E-state index contributed by atoms with van der Waals surface area (Å²) >= 11 is 0. The van der Waals surface area contributed by atoms with E-state index in [9.17, 15) is 14.0 Å². The number of fused-ring (bicyclic) bond motifs is 1. The Hall–Kier alpha value is -4.00. The first kappa shape index (κ1) is 22.8. The van der Waals surface area contributed by atoms with E-state index in [2.05, 4.69) is 15.5 Å². The summed E-state index contributed by atoms with van der Waals surface area (Å²) in [5.74, 6) is -0.373. The van der Waals surface area contributed by atoms with E-state index in [-0.39, 0.29) is 23.5 Å². The Labute approximate surface area is 203 Å². The van der Waals surface area contributed by atoms with E-state index in [1.54, 1.807) is 24.1 Å². The predicted molar refractivity (Wildman–Crippen MR) is 135 cm³/mol. The largest absolute Gasteiger partial charge is 0.342 e. The summed E-state index contributed by atoms with van der Waals surface area (Å²) in [5, 5.41) is 12.3. The zero-order valence-corrected chi connectivity index (χ0v) is 19.6. The predicted octanol–water partition coefficient (Wildman–Crippen LogP) is 5.42. The lowest BCUT2D eigenvalue weighted by Crippen LogP contribution is -2.29. The van der Waals surface area contributed by atoms with Crippen molar-refractivity contribution in [2.75, 3.05) is 18.9 Å². The van der Waals surface area contributed by atoms with Crippen molar-refractivity contribution in [2.45, 2.75) is 25.7 Å². The summed E-state index contributed by atoms with van der Waals surface area (Å²) in [7, 11) is 1.78. The highest BCUT2D eigenvalue weighted by Gasteiger charge is 2.30. The summed E-state index contributed by atoms with van der Waals surface area (Å²) in [6.07, 6.45) is 3.26. The molecule has 178 valence electrons. The maximum atomic E-state index is 13.4. The summed E-state index contributed by atoms with van der Waals surface area (Å²) in [6, 6.07) is 19.8. The third-order valence-electron chi connectivity index (χ3n) is 6.38. The summed E-state index contributed by atoms with van der Waals surface area (Å²) in [5.41, 5.74) is 3.62. The van der Waals surface area contributed by atoms with E-state index in [4.69, 9.17) is 0 Å². The van der Waals surface area contributed by atoms with Gasteiger partial charge < -0.3 is 10.2 Å². The molecule has 1 aliphatic carbocycles. The fourth-order valence-electron chi connectivity index (χ4n) is 4.17. The Morgan fingerprint density at radius 2 is 1.77 bits per heavy atom. The van der Waals surface area contributed by atoms with Crippen molar-refractivity contribution in [1.82, 2.24) is 15.1 Å². The van der Waals surface area contributed by atoms with Gasteiger partial charge in [-0.3, -0.25) is 14.7 Å². The van der Waals surface area contributed by atoms with E-state index in [0.29, 0.717) is 17.8 Å². The molecular formula is C28H27FN4O2. The standard InChI is InChI=1S/C28H27FN4O2/c1-33(14-4-7-23-17-25(32-31-23)18-10-12-22(29)13-11-18)28(35)24-15-20-5-2-3-6-21(20)16-26(24)30-27(34)19-8-9-19/h2-3,5-6,10-13,15-17,19H,4,7-9,14H2,1H3,(H,30,34)(H,31,32). The van der Waals surface area contributed by atoms with Gasteiger partial charge in [-0.15, -0.1) is 0 Å². The number of aromatic nitrogens is 2. The van der Waals surface area contributed by atoms with Gasteiger partial charge in [-0.2, -0.15) is 5.10 Å². The number of anilines is 1. The molecule has 0 spiro atoms. The van der Waals surface area contributed by atoms with Gasteiger partial charge in [0.05, 0.1) is 16.9 Å². The molecule has 0 atom stereocenters. The minimum Gasteiger partial charge on any atom is -0.342 e. The van der Waals surface area contributed by atoms with Crippen molar-refractivity contribution in [2.24, 2.45) is 5.92 Å². The molecular weight excluding hydrogens is 443 g/mol. The van der Waals surface area contributed by atoms with Gasteiger partial charge in [0.25, 0.3) is 5.91 Å². The molecule has 0 bridgehead atoms. The van der Waals surface area contributed by atoms with Gasteiger partial charge in [0.15, 0.2) is 0 Å². The van der Waals surface area contributed by atoms with Crippen LogP contribution in [0.1, 0.15) is 35.3 Å². The van der Waals surface area contributed by atoms with Crippen LogP contribution in [0.2, 0.25) is 0 Å². The third kappa shape index (κ3) is 5.24. The van der Waals surface area contributed by atoms with Crippen molar-refractivity contribution in [3.05, 3.63) is 83.8 Å². The molecule has 3 aromatic carbocycles. The number of amides is 2. The highest BCUT2D eigenvalue weighted by atomic mass is 19.1. The maximum absolute atomic E-state index is 13.4. The molecule has 0 unspecified atom stereocenters. The number of rotatable bonds is 8. The number of halogens is 1. The van der Waals surface area contributed by atoms with Crippen LogP contribution in [0.15, 0.2) is 66.7 Å². The minimum atomic E-state index is -0.279. The Balaban J connectivity index is 1.25. The second-order valence-electron chi connectivity index (χ2n) is 9.12. The molecule has 2 N–H and O–H groups in total. The molecule has 6 nitrogen and oxygen atoms in total. The minimum absolute atomic E-state index is 0.0202. The summed E-state index contributed by atoms with van der Waals surface area (Å²) < 4.78 is 13.2. The molecule has 1 heterocycles. The maximum Gasteiger partial charge on any atom is 0.255 e. The molecule has 5 rings (SSSR count). The normalized spacial score (nSPS) is 13.1. The van der Waals surface area contributed by atoms with Crippen molar-refractivity contribution < 1.29 is 14.0 Å². The highest BCUT2D eigenvalue weighted by Crippen LogP contribution is 2.32. The van der Waals surface area contributed by atoms with Gasteiger partial charge in [0, 0.05) is 30.8 Å². The average Bonchev–Trinajstić information content (AvgIpc) is 3.62. The Morgan fingerprint density at radius 1 is 1.06 bits per heavy atom. The molecule has 4 aromatic rings. The average molecular weight is 471 g/mol. The number of carbonyl (C=O) groups excluding carboxylic acids is 2. The number of benzene rings is 3. The zero-order chi connectivity index (χ0) is 24.4. The SMILES string of the molecule is CN(CCCc1cc(-c2ccc(F)cc2)n[nH]1)C(=O)c1cc2ccccc2cc1NC(=O)C1CC1. The number of hydrogen-bond donors (Lipinski definition) is 2. The molecule has 2 amide bonds. The van der Waals surface area contributed by atoms with Crippen LogP contribution in [0.25, 0.3) is 22.0 Å². The summed E-state index contributed by atoms with van der Waals surface area (Å²) in [4.78, 5) is 27.5. The number of nitrogens with zero attached hydrogens (tertiary/aromatic N) is 2. The van der Waals surface area contributed by atoms with E-state index in [1.165, 1.54) is 12.1 Å². The smallest absolute Gasteiger partial charge is 0.255 e. The molecule has 7 heteroatoms. The van der Waals surface area contributed by atoms with Gasteiger partial charge >= 0.3 is 0 Å². The highest BCUT2D eigenvalue weighted by molar-refractivity contribution is 6.08. The first-order chi connectivity index (χ1) is 17.0. The second-order valence-corrected chi connectivity index (χ2v) is 9.12. The lowest BCUT2D eigenvalue weighted by Gasteiger charge is -2.20. The van der Waals surface area contributed by atoms with Gasteiger partial charge in [-0.05, 0) is 78.9 Å². The molecule has 1 saturated carbocycles. The van der Waals surface area contributed by atoms with Crippen LogP contribution in [0.5, 0.6) is 0 Å². The van der Waals surface area contributed by atoms with Crippen LogP contribution in [0, 0.1) is 11.7 Å². The van der Waals surface area contributed by atoms with E-state index < -0.39 is 0 Å². The van der Waals surface area contributed by atoms with E-state index in [1.807, 2.05) is 42.5 Å². The van der Waals surface area contributed by atoms with Crippen LogP contribution in [0.4, 0.5) is 10.1 Å². The molecule has 1 aromatic heterocycles. The second kappa shape index (κ2) is 9.70. The van der Waals surface area contributed by atoms with Gasteiger partial charge in [0.1, 0.15) is 5.82 Å². The number of aromatic amines is 1. The fraction of sp³-hybridized carbons (Fsp3) is 0.250. The van der Waals surface area contributed by atoms with E-state index >= 15 is 0 Å². The van der Waals surface area contributed by atoms with Crippen molar-refractivity contribution >= 4 is 28.3 Å². The number of hydrogen-bond acceptors (Lipinski definition) is 3. The topological polar surface area (TPSA) is 78.1 Å². The molecule has 1 aliphatic rings. The van der Waals surface area contributed by atoms with Crippen LogP contribution >= 0.6 is 0 Å². The summed E-state index contributed by atoms with van der Waals surface area (Å²) in [6.45, 7) is 0.548. The number of nitrogens with one attached hydrogen (secondary N) is 2. The van der Waals surface area contributed by atoms with Crippen LogP contribution in [-0.4, -0.2) is 40.5 Å². The van der Waals surface area contributed by atoms with Crippen LogP contribution in [-0.2, 0) is 11.2 Å². The molecule has 1 fully saturated rings. The van der Waals surface area contributed by atoms with Crippen molar-refractivity contribution in [3.8, 4) is 11.3 Å². The molecule has 0 radical (unpaired) electrons. The Morgan fingerprint density at radius 3 is 2.49 bits per heavy atom. The third-order valence-corrected chi connectivity index (χ3v) is 6.38. The monoisotopic (exact) mass is 470 g/mol. The Kier molecular flexibility index (Phi) is 6.31. The van der Waals surface area contributed by atoms with Crippen LogP contribution in [0.3, 0.4) is 0 Å².